The first-order valence-electron chi connectivity index (χ1n) is 8.21. The van der Waals surface area contributed by atoms with Gasteiger partial charge >= 0.3 is 0 Å². The molecule has 3 heterocycles. The van der Waals surface area contributed by atoms with Crippen LogP contribution in [0.15, 0.2) is 47.3 Å². The van der Waals surface area contributed by atoms with E-state index in [1.54, 1.807) is 42.6 Å². The first kappa shape index (κ1) is 17.0. The van der Waals surface area contributed by atoms with Crippen LogP contribution in [0.25, 0.3) is 0 Å². The van der Waals surface area contributed by atoms with Gasteiger partial charge in [-0.05, 0) is 42.7 Å². The van der Waals surface area contributed by atoms with Crippen molar-refractivity contribution in [3.05, 3.63) is 54.2 Å². The number of amides is 1. The summed E-state index contributed by atoms with van der Waals surface area (Å²) in [6, 6.07) is 7.58. The Bertz CT molecular complexity index is 633. The number of nitrogens with zero attached hydrogens (tertiary/aromatic N) is 2. The highest BCUT2D eigenvalue weighted by atomic mass is 32.2. The molecule has 1 saturated heterocycles. The van der Waals surface area contributed by atoms with Crippen LogP contribution in [0.2, 0.25) is 0 Å². The van der Waals surface area contributed by atoms with E-state index >= 15 is 0 Å². The monoisotopic (exact) mass is 346 g/mol. The van der Waals surface area contributed by atoms with E-state index < -0.39 is 6.10 Å². The highest BCUT2D eigenvalue weighted by Crippen LogP contribution is 2.28. The number of furan rings is 1. The Labute approximate surface area is 146 Å². The Balaban J connectivity index is 1.48. The average Bonchev–Trinajstić information content (AvgIpc) is 3.27. The lowest BCUT2D eigenvalue weighted by Gasteiger charge is -2.26. The lowest BCUT2D eigenvalue weighted by molar-refractivity contribution is -0.129. The van der Waals surface area contributed by atoms with Gasteiger partial charge < -0.3 is 14.4 Å². The summed E-state index contributed by atoms with van der Waals surface area (Å²) in [5, 5.41) is 10.3. The van der Waals surface area contributed by atoms with Crippen LogP contribution in [-0.2, 0) is 10.5 Å². The summed E-state index contributed by atoms with van der Waals surface area (Å²) in [5.41, 5.74) is 1.18. The third kappa shape index (κ3) is 4.39. The van der Waals surface area contributed by atoms with E-state index in [0.29, 0.717) is 17.9 Å². The third-order valence-corrected chi connectivity index (χ3v) is 5.30. The fourth-order valence-corrected chi connectivity index (χ4v) is 3.95. The second kappa shape index (κ2) is 8.35. The predicted octanol–water partition coefficient (Wildman–Crippen LogP) is 3.02. The van der Waals surface area contributed by atoms with Crippen molar-refractivity contribution < 1.29 is 14.3 Å². The molecule has 0 aromatic carbocycles. The fourth-order valence-electron chi connectivity index (χ4n) is 3.08. The normalized spacial score (nSPS) is 18.7. The van der Waals surface area contributed by atoms with Crippen molar-refractivity contribution in [3.63, 3.8) is 0 Å². The molecule has 3 rings (SSSR count). The standard InChI is InChI=1S/C18H22N2O3S/c21-16(17-4-2-10-23-17)11-15-3-1-9-20(15)18(22)13-24-12-14-5-7-19-8-6-14/h2,4-8,10,15-16,21H,1,3,9,11-13H2. The van der Waals surface area contributed by atoms with Crippen molar-refractivity contribution in [2.45, 2.75) is 37.2 Å². The first-order chi connectivity index (χ1) is 11.7. The van der Waals surface area contributed by atoms with Crippen molar-refractivity contribution in [1.29, 1.82) is 0 Å². The predicted molar refractivity (Wildman–Crippen MR) is 93.4 cm³/mol. The number of thioether (sulfide) groups is 1. The van der Waals surface area contributed by atoms with Gasteiger partial charge in [0.1, 0.15) is 11.9 Å². The topological polar surface area (TPSA) is 66.6 Å². The van der Waals surface area contributed by atoms with Gasteiger partial charge in [0, 0.05) is 37.2 Å². The number of carbonyl (C=O) groups excluding carboxylic acids is 1. The van der Waals surface area contributed by atoms with Crippen molar-refractivity contribution in [2.24, 2.45) is 0 Å². The molecule has 2 unspecified atom stereocenters. The van der Waals surface area contributed by atoms with Crippen LogP contribution < -0.4 is 0 Å². The van der Waals surface area contributed by atoms with Crippen molar-refractivity contribution in [2.75, 3.05) is 12.3 Å². The number of likely N-dealkylation sites (tertiary alicyclic amines) is 1. The Kier molecular flexibility index (Phi) is 5.93. The maximum Gasteiger partial charge on any atom is 0.232 e. The molecule has 0 radical (unpaired) electrons. The summed E-state index contributed by atoms with van der Waals surface area (Å²) in [5.74, 6) is 2.00. The number of hydrogen-bond acceptors (Lipinski definition) is 5. The van der Waals surface area contributed by atoms with Crippen LogP contribution in [-0.4, -0.2) is 39.2 Å². The lowest BCUT2D eigenvalue weighted by atomic mass is 10.1. The Morgan fingerprint density at radius 3 is 3.00 bits per heavy atom. The molecule has 1 amide bonds. The van der Waals surface area contributed by atoms with E-state index in [1.807, 2.05) is 17.0 Å². The van der Waals surface area contributed by atoms with Gasteiger partial charge in [0.2, 0.25) is 5.91 Å². The fraction of sp³-hybridized carbons (Fsp3) is 0.444. The molecule has 24 heavy (non-hydrogen) atoms. The third-order valence-electron chi connectivity index (χ3n) is 4.31. The minimum atomic E-state index is -0.650. The van der Waals surface area contributed by atoms with Crippen molar-refractivity contribution in [1.82, 2.24) is 9.88 Å². The van der Waals surface area contributed by atoms with E-state index in [9.17, 15) is 9.90 Å². The number of hydrogen-bond donors (Lipinski definition) is 1. The van der Waals surface area contributed by atoms with Crippen molar-refractivity contribution in [3.8, 4) is 0 Å². The molecule has 0 saturated carbocycles. The van der Waals surface area contributed by atoms with Gasteiger partial charge in [0.25, 0.3) is 0 Å². The second-order valence-electron chi connectivity index (χ2n) is 6.00. The molecule has 1 aliphatic heterocycles. The number of aliphatic hydroxyl groups excluding tert-OH is 1. The van der Waals surface area contributed by atoms with Crippen LogP contribution in [0.5, 0.6) is 0 Å². The van der Waals surface area contributed by atoms with Crippen LogP contribution in [0.4, 0.5) is 0 Å². The number of aliphatic hydroxyl groups is 1. The maximum absolute atomic E-state index is 12.5. The first-order valence-corrected chi connectivity index (χ1v) is 9.37. The SMILES string of the molecule is O=C(CSCc1ccncc1)N1CCCC1CC(O)c1ccco1. The average molecular weight is 346 g/mol. The van der Waals surface area contributed by atoms with E-state index in [1.165, 1.54) is 5.56 Å². The minimum absolute atomic E-state index is 0.0964. The summed E-state index contributed by atoms with van der Waals surface area (Å²) in [6.07, 6.45) is 6.92. The Morgan fingerprint density at radius 1 is 1.42 bits per heavy atom. The van der Waals surface area contributed by atoms with Gasteiger partial charge in [-0.2, -0.15) is 0 Å². The van der Waals surface area contributed by atoms with Gasteiger partial charge in [-0.15, -0.1) is 11.8 Å². The maximum atomic E-state index is 12.5. The molecular weight excluding hydrogens is 324 g/mol. The zero-order valence-corrected chi connectivity index (χ0v) is 14.3. The molecule has 1 fully saturated rings. The molecule has 0 aliphatic carbocycles. The second-order valence-corrected chi connectivity index (χ2v) is 6.98. The van der Waals surface area contributed by atoms with Crippen LogP contribution >= 0.6 is 11.8 Å². The van der Waals surface area contributed by atoms with E-state index in [-0.39, 0.29) is 11.9 Å². The van der Waals surface area contributed by atoms with Crippen LogP contribution in [0, 0.1) is 0 Å². The molecule has 1 N–H and O–H groups in total. The smallest absolute Gasteiger partial charge is 0.232 e. The van der Waals surface area contributed by atoms with Gasteiger partial charge in [-0.25, -0.2) is 0 Å². The zero-order valence-electron chi connectivity index (χ0n) is 13.5. The number of carbonyl (C=O) groups is 1. The Morgan fingerprint density at radius 2 is 2.25 bits per heavy atom. The molecule has 5 nitrogen and oxygen atoms in total. The van der Waals surface area contributed by atoms with Crippen LogP contribution in [0.3, 0.4) is 0 Å². The van der Waals surface area contributed by atoms with Crippen molar-refractivity contribution >= 4 is 17.7 Å². The number of aromatic nitrogens is 1. The summed E-state index contributed by atoms with van der Waals surface area (Å²) in [6.45, 7) is 0.782. The molecule has 128 valence electrons. The number of pyridine rings is 1. The molecule has 0 bridgehead atoms. The summed E-state index contributed by atoms with van der Waals surface area (Å²) < 4.78 is 5.25. The minimum Gasteiger partial charge on any atom is -0.467 e. The van der Waals surface area contributed by atoms with Crippen LogP contribution in [0.1, 0.15) is 36.7 Å². The molecule has 2 aromatic heterocycles. The molecular formula is C18H22N2O3S. The molecule has 2 atom stereocenters. The quantitative estimate of drug-likeness (QED) is 0.835. The van der Waals surface area contributed by atoms with Gasteiger partial charge in [-0.1, -0.05) is 0 Å². The van der Waals surface area contributed by atoms with E-state index in [0.717, 1.165) is 25.1 Å². The summed E-state index contributed by atoms with van der Waals surface area (Å²) >= 11 is 1.62. The van der Waals surface area contributed by atoms with E-state index in [4.69, 9.17) is 4.42 Å². The summed E-state index contributed by atoms with van der Waals surface area (Å²) in [4.78, 5) is 18.4. The molecule has 6 heteroatoms. The summed E-state index contributed by atoms with van der Waals surface area (Å²) in [7, 11) is 0. The lowest BCUT2D eigenvalue weighted by Crippen LogP contribution is -2.37. The Hall–Kier alpha value is -1.79. The largest absolute Gasteiger partial charge is 0.467 e. The highest BCUT2D eigenvalue weighted by Gasteiger charge is 2.31. The van der Waals surface area contributed by atoms with Gasteiger partial charge in [-0.3, -0.25) is 9.78 Å². The molecule has 0 spiro atoms. The van der Waals surface area contributed by atoms with Gasteiger partial charge in [0.05, 0.1) is 12.0 Å². The van der Waals surface area contributed by atoms with Gasteiger partial charge in [0.15, 0.2) is 0 Å². The molecule has 2 aromatic rings. The van der Waals surface area contributed by atoms with E-state index in [2.05, 4.69) is 4.98 Å². The number of rotatable bonds is 7. The molecule has 1 aliphatic rings. The zero-order chi connectivity index (χ0) is 16.8. The highest BCUT2D eigenvalue weighted by molar-refractivity contribution is 7.99.